The summed E-state index contributed by atoms with van der Waals surface area (Å²) < 4.78 is 5.65. The van der Waals surface area contributed by atoms with Crippen molar-refractivity contribution in [3.63, 3.8) is 0 Å². The van der Waals surface area contributed by atoms with E-state index in [1.54, 1.807) is 11.8 Å². The number of hydrogen-bond acceptors (Lipinski definition) is 3. The van der Waals surface area contributed by atoms with Gasteiger partial charge in [-0.1, -0.05) is 18.2 Å². The van der Waals surface area contributed by atoms with Crippen LogP contribution in [0.25, 0.3) is 0 Å². The summed E-state index contributed by atoms with van der Waals surface area (Å²) in [6, 6.07) is 7.99. The van der Waals surface area contributed by atoms with E-state index in [-0.39, 0.29) is 17.3 Å². The Hall–Kier alpha value is -1.84. The molecule has 0 N–H and O–H groups in total. The first-order valence-corrected chi connectivity index (χ1v) is 10.6. The second kappa shape index (κ2) is 6.35. The Bertz CT molecular complexity index is 735. The summed E-state index contributed by atoms with van der Waals surface area (Å²) in [5.74, 6) is 2.20. The molecule has 4 bridgehead atoms. The smallest absolute Gasteiger partial charge is 0.307 e. The van der Waals surface area contributed by atoms with E-state index in [1.165, 1.54) is 44.1 Å². The van der Waals surface area contributed by atoms with E-state index in [1.807, 2.05) is 18.2 Å². The number of carbonyl (C=O) groups excluding carboxylic acids is 2. The number of anilines is 1. The number of ether oxygens (including phenoxy) is 1. The third kappa shape index (κ3) is 3.07. The molecule has 4 nitrogen and oxygen atoms in total. The summed E-state index contributed by atoms with van der Waals surface area (Å²) in [5, 5.41) is 0. The summed E-state index contributed by atoms with van der Waals surface area (Å²) in [6.07, 6.45) is 8.35. The van der Waals surface area contributed by atoms with Gasteiger partial charge in [0, 0.05) is 12.2 Å². The third-order valence-electron chi connectivity index (χ3n) is 7.49. The molecular formula is C23H29NO3. The monoisotopic (exact) mass is 367 g/mol. The molecule has 4 aliphatic carbocycles. The van der Waals surface area contributed by atoms with E-state index < -0.39 is 6.10 Å². The highest BCUT2D eigenvalue weighted by atomic mass is 16.5. The van der Waals surface area contributed by atoms with Crippen molar-refractivity contribution in [2.75, 3.05) is 11.4 Å². The molecule has 4 fully saturated rings. The molecule has 4 saturated carbocycles. The van der Waals surface area contributed by atoms with Crippen molar-refractivity contribution in [3.05, 3.63) is 29.8 Å². The van der Waals surface area contributed by atoms with Crippen LogP contribution in [-0.4, -0.2) is 24.5 Å². The van der Waals surface area contributed by atoms with Crippen molar-refractivity contribution in [1.29, 1.82) is 0 Å². The van der Waals surface area contributed by atoms with Crippen LogP contribution in [0.1, 0.15) is 57.4 Å². The van der Waals surface area contributed by atoms with Gasteiger partial charge in [-0.2, -0.15) is 0 Å². The Morgan fingerprint density at radius 3 is 2.41 bits per heavy atom. The first-order chi connectivity index (χ1) is 13.0. The van der Waals surface area contributed by atoms with Crippen LogP contribution in [0.3, 0.4) is 0 Å². The Balaban J connectivity index is 1.22. The maximum atomic E-state index is 12.9. The number of hydrogen-bond donors (Lipinski definition) is 0. The molecule has 0 radical (unpaired) electrons. The highest BCUT2D eigenvalue weighted by molar-refractivity contribution is 5.99. The quantitative estimate of drug-likeness (QED) is 0.752. The molecule has 5 aliphatic rings. The van der Waals surface area contributed by atoms with Crippen molar-refractivity contribution in [2.45, 2.75) is 64.4 Å². The topological polar surface area (TPSA) is 46.6 Å². The second-order valence-corrected chi connectivity index (χ2v) is 9.60. The summed E-state index contributed by atoms with van der Waals surface area (Å²) in [5.41, 5.74) is 2.32. The van der Waals surface area contributed by atoms with E-state index in [2.05, 4.69) is 6.07 Å². The fourth-order valence-corrected chi connectivity index (χ4v) is 6.89. The zero-order valence-electron chi connectivity index (χ0n) is 16.2. The largest absolute Gasteiger partial charge is 0.453 e. The van der Waals surface area contributed by atoms with Gasteiger partial charge in [-0.3, -0.25) is 9.59 Å². The van der Waals surface area contributed by atoms with Gasteiger partial charge < -0.3 is 9.64 Å². The Morgan fingerprint density at radius 2 is 1.74 bits per heavy atom. The molecule has 1 unspecified atom stereocenters. The number of carbonyl (C=O) groups is 2. The van der Waals surface area contributed by atoms with Gasteiger partial charge in [-0.05, 0) is 86.7 Å². The van der Waals surface area contributed by atoms with Crippen LogP contribution in [0.2, 0.25) is 0 Å². The maximum absolute atomic E-state index is 12.9. The number of fused-ring (bicyclic) bond motifs is 1. The molecule has 1 aromatic rings. The highest BCUT2D eigenvalue weighted by Crippen LogP contribution is 2.61. The molecule has 1 atom stereocenters. The van der Waals surface area contributed by atoms with Crippen LogP contribution in [0.15, 0.2) is 24.3 Å². The van der Waals surface area contributed by atoms with Gasteiger partial charge in [-0.15, -0.1) is 0 Å². The molecule has 144 valence electrons. The summed E-state index contributed by atoms with van der Waals surface area (Å²) in [7, 11) is 0. The normalized spacial score (nSPS) is 34.4. The summed E-state index contributed by atoms with van der Waals surface area (Å²) in [6.45, 7) is 2.40. The second-order valence-electron chi connectivity index (χ2n) is 9.60. The molecule has 0 aromatic heterocycles. The van der Waals surface area contributed by atoms with E-state index >= 15 is 0 Å². The van der Waals surface area contributed by atoms with Crippen molar-refractivity contribution < 1.29 is 14.3 Å². The lowest BCUT2D eigenvalue weighted by atomic mass is 9.49. The lowest BCUT2D eigenvalue weighted by molar-refractivity contribution is -0.160. The average Bonchev–Trinajstić information content (AvgIpc) is 3.03. The summed E-state index contributed by atoms with van der Waals surface area (Å²) in [4.78, 5) is 27.3. The molecule has 27 heavy (non-hydrogen) atoms. The third-order valence-corrected chi connectivity index (χ3v) is 7.49. The van der Waals surface area contributed by atoms with Crippen LogP contribution >= 0.6 is 0 Å². The number of esters is 1. The number of benzene rings is 1. The minimum Gasteiger partial charge on any atom is -0.453 e. The molecule has 1 amide bonds. The number of para-hydroxylation sites is 1. The SMILES string of the molecule is CC(OC(=O)CC12CC3CC(CC(C3)C1)C2)C(=O)N1CCc2ccccc21. The Kier molecular flexibility index (Phi) is 4.06. The van der Waals surface area contributed by atoms with E-state index in [4.69, 9.17) is 4.74 Å². The van der Waals surface area contributed by atoms with Crippen molar-refractivity contribution in [2.24, 2.45) is 23.2 Å². The lowest BCUT2D eigenvalue weighted by Gasteiger charge is -2.56. The molecule has 0 saturated heterocycles. The average molecular weight is 367 g/mol. The Morgan fingerprint density at radius 1 is 1.11 bits per heavy atom. The van der Waals surface area contributed by atoms with Crippen molar-refractivity contribution >= 4 is 17.6 Å². The number of nitrogens with zero attached hydrogens (tertiary/aromatic N) is 1. The molecule has 0 spiro atoms. The van der Waals surface area contributed by atoms with E-state index in [9.17, 15) is 9.59 Å². The first-order valence-electron chi connectivity index (χ1n) is 10.6. The molecule has 1 heterocycles. The van der Waals surface area contributed by atoms with Gasteiger partial charge in [-0.25, -0.2) is 0 Å². The fourth-order valence-electron chi connectivity index (χ4n) is 6.89. The first kappa shape index (κ1) is 17.3. The van der Waals surface area contributed by atoms with Crippen LogP contribution in [-0.2, 0) is 20.7 Å². The highest BCUT2D eigenvalue weighted by Gasteiger charge is 2.51. The molecule has 6 rings (SSSR count). The molecule has 4 heteroatoms. The minimum atomic E-state index is -0.711. The van der Waals surface area contributed by atoms with E-state index in [0.29, 0.717) is 13.0 Å². The van der Waals surface area contributed by atoms with Crippen LogP contribution in [0.4, 0.5) is 5.69 Å². The van der Waals surface area contributed by atoms with Crippen LogP contribution < -0.4 is 4.90 Å². The van der Waals surface area contributed by atoms with Gasteiger partial charge in [0.2, 0.25) is 0 Å². The van der Waals surface area contributed by atoms with Crippen molar-refractivity contribution in [3.8, 4) is 0 Å². The van der Waals surface area contributed by atoms with Gasteiger partial charge >= 0.3 is 5.97 Å². The predicted molar refractivity (Wildman–Crippen MR) is 103 cm³/mol. The molecular weight excluding hydrogens is 338 g/mol. The minimum absolute atomic E-state index is 0.0983. The standard InChI is InChI=1S/C23H29NO3/c1-15(22(26)24-7-6-19-4-2-3-5-20(19)24)27-21(25)14-23-11-16-8-17(12-23)10-18(9-16)13-23/h2-5,15-18H,6-14H2,1H3. The number of amides is 1. The van der Waals surface area contributed by atoms with Gasteiger partial charge in [0.15, 0.2) is 6.10 Å². The molecule has 1 aromatic carbocycles. The Labute approximate surface area is 161 Å². The molecule has 1 aliphatic heterocycles. The lowest BCUT2D eigenvalue weighted by Crippen LogP contribution is -2.47. The van der Waals surface area contributed by atoms with Crippen LogP contribution in [0.5, 0.6) is 0 Å². The van der Waals surface area contributed by atoms with Crippen LogP contribution in [0, 0.1) is 23.2 Å². The number of rotatable bonds is 4. The van der Waals surface area contributed by atoms with Gasteiger partial charge in [0.1, 0.15) is 0 Å². The van der Waals surface area contributed by atoms with E-state index in [0.717, 1.165) is 29.9 Å². The van der Waals surface area contributed by atoms with Gasteiger partial charge in [0.05, 0.1) is 6.42 Å². The van der Waals surface area contributed by atoms with Gasteiger partial charge in [0.25, 0.3) is 5.91 Å². The maximum Gasteiger partial charge on any atom is 0.307 e. The summed E-state index contributed by atoms with van der Waals surface area (Å²) >= 11 is 0. The fraction of sp³-hybridized carbons (Fsp3) is 0.652. The zero-order valence-corrected chi connectivity index (χ0v) is 16.2. The van der Waals surface area contributed by atoms with Crippen molar-refractivity contribution in [1.82, 2.24) is 0 Å². The zero-order chi connectivity index (χ0) is 18.6. The predicted octanol–water partition coefficient (Wildman–Crippen LogP) is 4.11.